The fourth-order valence-electron chi connectivity index (χ4n) is 1.98. The lowest BCUT2D eigenvalue weighted by Crippen LogP contribution is -2.14. The van der Waals surface area contributed by atoms with Crippen LogP contribution in [0, 0.1) is 20.8 Å². The first-order chi connectivity index (χ1) is 9.40. The van der Waals surface area contributed by atoms with E-state index < -0.39 is 0 Å². The Morgan fingerprint density at radius 1 is 1.10 bits per heavy atom. The molecule has 0 aliphatic rings. The Bertz CT molecular complexity index is 680. The molecule has 20 heavy (non-hydrogen) atoms. The highest BCUT2D eigenvalue weighted by atomic mass is 79.9. The van der Waals surface area contributed by atoms with Gasteiger partial charge in [-0.2, -0.15) is 0 Å². The van der Waals surface area contributed by atoms with Crippen molar-refractivity contribution in [1.82, 2.24) is 0 Å². The third-order valence-electron chi connectivity index (χ3n) is 3.39. The molecule has 0 unspecified atom stereocenters. The number of carbonyl (C=O) groups excluding carboxylic acids is 1. The van der Waals surface area contributed by atoms with E-state index in [1.165, 1.54) is 0 Å². The quantitative estimate of drug-likeness (QED) is 0.809. The molecule has 0 saturated heterocycles. The van der Waals surface area contributed by atoms with Crippen molar-refractivity contribution < 1.29 is 4.79 Å². The Labute approximate surface area is 127 Å². The van der Waals surface area contributed by atoms with Gasteiger partial charge < -0.3 is 11.1 Å². The van der Waals surface area contributed by atoms with Gasteiger partial charge >= 0.3 is 0 Å². The van der Waals surface area contributed by atoms with Crippen molar-refractivity contribution in [2.75, 3.05) is 11.1 Å². The van der Waals surface area contributed by atoms with E-state index in [0.717, 1.165) is 26.9 Å². The summed E-state index contributed by atoms with van der Waals surface area (Å²) in [5, 5.41) is 2.94. The minimum Gasteiger partial charge on any atom is -0.398 e. The summed E-state index contributed by atoms with van der Waals surface area (Å²) < 4.78 is 0.922. The zero-order chi connectivity index (χ0) is 14.9. The average molecular weight is 333 g/mol. The molecule has 0 aromatic heterocycles. The Balaban J connectivity index is 2.32. The van der Waals surface area contributed by atoms with Crippen molar-refractivity contribution in [2.45, 2.75) is 20.8 Å². The number of halogens is 1. The van der Waals surface area contributed by atoms with Crippen LogP contribution in [-0.4, -0.2) is 5.91 Å². The van der Waals surface area contributed by atoms with Crippen molar-refractivity contribution in [2.24, 2.45) is 0 Å². The number of benzene rings is 2. The molecule has 2 aromatic rings. The maximum Gasteiger partial charge on any atom is 0.255 e. The SMILES string of the molecule is Cc1ccc(C(=O)Nc2c(C)ccc(N)c2C)cc1Br. The monoisotopic (exact) mass is 332 g/mol. The summed E-state index contributed by atoms with van der Waals surface area (Å²) in [5.74, 6) is -0.137. The van der Waals surface area contributed by atoms with Crippen LogP contribution in [0.4, 0.5) is 11.4 Å². The second-order valence-corrected chi connectivity index (χ2v) is 5.74. The fraction of sp³-hybridized carbons (Fsp3) is 0.188. The molecule has 2 rings (SSSR count). The third kappa shape index (κ3) is 2.85. The summed E-state index contributed by atoms with van der Waals surface area (Å²) in [6.45, 7) is 5.84. The standard InChI is InChI=1S/C16H17BrN2O/c1-9-4-6-12(8-13(9)17)16(20)19-15-10(2)5-7-14(18)11(15)3/h4-8H,18H2,1-3H3,(H,19,20). The van der Waals surface area contributed by atoms with Crippen LogP contribution in [0.15, 0.2) is 34.8 Å². The van der Waals surface area contributed by atoms with E-state index >= 15 is 0 Å². The highest BCUT2D eigenvalue weighted by Gasteiger charge is 2.12. The third-order valence-corrected chi connectivity index (χ3v) is 4.24. The molecule has 1 amide bonds. The molecule has 3 N–H and O–H groups in total. The van der Waals surface area contributed by atoms with Crippen LogP contribution in [0.1, 0.15) is 27.0 Å². The summed E-state index contributed by atoms with van der Waals surface area (Å²) in [4.78, 5) is 12.3. The van der Waals surface area contributed by atoms with Gasteiger partial charge in [-0.05, 0) is 55.7 Å². The van der Waals surface area contributed by atoms with Gasteiger partial charge in [-0.1, -0.05) is 28.1 Å². The molecule has 0 saturated carbocycles. The molecule has 0 heterocycles. The average Bonchev–Trinajstić information content (AvgIpc) is 2.42. The van der Waals surface area contributed by atoms with Gasteiger partial charge in [-0.3, -0.25) is 4.79 Å². The van der Waals surface area contributed by atoms with E-state index in [9.17, 15) is 4.79 Å². The molecule has 2 aromatic carbocycles. The number of amides is 1. The highest BCUT2D eigenvalue weighted by molar-refractivity contribution is 9.10. The summed E-state index contributed by atoms with van der Waals surface area (Å²) >= 11 is 3.44. The minimum absolute atomic E-state index is 0.137. The van der Waals surface area contributed by atoms with Crippen molar-refractivity contribution in [3.05, 3.63) is 57.1 Å². The highest BCUT2D eigenvalue weighted by Crippen LogP contribution is 2.26. The van der Waals surface area contributed by atoms with Crippen LogP contribution < -0.4 is 11.1 Å². The van der Waals surface area contributed by atoms with E-state index in [1.807, 2.05) is 51.1 Å². The second-order valence-electron chi connectivity index (χ2n) is 4.89. The number of nitrogen functional groups attached to an aromatic ring is 1. The maximum absolute atomic E-state index is 12.3. The molecule has 0 aliphatic heterocycles. The number of aryl methyl sites for hydroxylation is 2. The minimum atomic E-state index is -0.137. The molecule has 3 nitrogen and oxygen atoms in total. The van der Waals surface area contributed by atoms with E-state index in [-0.39, 0.29) is 5.91 Å². The van der Waals surface area contributed by atoms with Gasteiger partial charge in [0, 0.05) is 21.4 Å². The molecule has 0 bridgehead atoms. The van der Waals surface area contributed by atoms with Gasteiger partial charge in [0.2, 0.25) is 0 Å². The predicted molar refractivity (Wildman–Crippen MR) is 87.2 cm³/mol. The fourth-order valence-corrected chi connectivity index (χ4v) is 2.35. The van der Waals surface area contributed by atoms with Crippen LogP contribution >= 0.6 is 15.9 Å². The Morgan fingerprint density at radius 3 is 2.40 bits per heavy atom. The number of nitrogens with one attached hydrogen (secondary N) is 1. The molecular formula is C16H17BrN2O. The lowest BCUT2D eigenvalue weighted by molar-refractivity contribution is 0.102. The van der Waals surface area contributed by atoms with E-state index in [2.05, 4.69) is 21.2 Å². The molecule has 4 heteroatoms. The zero-order valence-corrected chi connectivity index (χ0v) is 13.3. The van der Waals surface area contributed by atoms with E-state index in [0.29, 0.717) is 11.3 Å². The van der Waals surface area contributed by atoms with Crippen molar-refractivity contribution in [3.63, 3.8) is 0 Å². The lowest BCUT2D eigenvalue weighted by atomic mass is 10.1. The topological polar surface area (TPSA) is 55.1 Å². The van der Waals surface area contributed by atoms with Crippen LogP contribution in [0.2, 0.25) is 0 Å². The smallest absolute Gasteiger partial charge is 0.255 e. The van der Waals surface area contributed by atoms with Gasteiger partial charge in [-0.15, -0.1) is 0 Å². The molecule has 0 spiro atoms. The zero-order valence-electron chi connectivity index (χ0n) is 11.8. The number of hydrogen-bond acceptors (Lipinski definition) is 2. The molecule has 0 aliphatic carbocycles. The van der Waals surface area contributed by atoms with Gasteiger partial charge in [-0.25, -0.2) is 0 Å². The second kappa shape index (κ2) is 5.67. The number of nitrogens with two attached hydrogens (primary N) is 1. The molecule has 104 valence electrons. The maximum atomic E-state index is 12.3. The molecule has 0 fully saturated rings. The lowest BCUT2D eigenvalue weighted by Gasteiger charge is -2.13. The molecule has 0 atom stereocenters. The van der Waals surface area contributed by atoms with Crippen LogP contribution in [0.25, 0.3) is 0 Å². The van der Waals surface area contributed by atoms with Crippen molar-refractivity contribution >= 4 is 33.2 Å². The van der Waals surface area contributed by atoms with Crippen LogP contribution in [0.5, 0.6) is 0 Å². The first kappa shape index (κ1) is 14.6. The summed E-state index contributed by atoms with van der Waals surface area (Å²) in [5.41, 5.74) is 10.9. The summed E-state index contributed by atoms with van der Waals surface area (Å²) in [7, 11) is 0. The Hall–Kier alpha value is -1.81. The van der Waals surface area contributed by atoms with Crippen LogP contribution in [-0.2, 0) is 0 Å². The van der Waals surface area contributed by atoms with Gasteiger partial charge in [0.05, 0.1) is 0 Å². The van der Waals surface area contributed by atoms with Gasteiger partial charge in [0.15, 0.2) is 0 Å². The Kier molecular flexibility index (Phi) is 4.14. The Morgan fingerprint density at radius 2 is 1.75 bits per heavy atom. The largest absolute Gasteiger partial charge is 0.398 e. The van der Waals surface area contributed by atoms with Crippen molar-refractivity contribution in [1.29, 1.82) is 0 Å². The number of carbonyl (C=O) groups is 1. The van der Waals surface area contributed by atoms with Gasteiger partial charge in [0.1, 0.15) is 0 Å². The number of anilines is 2. The van der Waals surface area contributed by atoms with Crippen molar-refractivity contribution in [3.8, 4) is 0 Å². The number of rotatable bonds is 2. The number of hydrogen-bond donors (Lipinski definition) is 2. The first-order valence-corrected chi connectivity index (χ1v) is 7.12. The van der Waals surface area contributed by atoms with Gasteiger partial charge in [0.25, 0.3) is 5.91 Å². The normalized spacial score (nSPS) is 10.4. The molecular weight excluding hydrogens is 316 g/mol. The summed E-state index contributed by atoms with van der Waals surface area (Å²) in [6, 6.07) is 9.30. The summed E-state index contributed by atoms with van der Waals surface area (Å²) in [6.07, 6.45) is 0. The predicted octanol–water partition coefficient (Wildman–Crippen LogP) is 4.21. The van der Waals surface area contributed by atoms with E-state index in [1.54, 1.807) is 0 Å². The van der Waals surface area contributed by atoms with Crippen LogP contribution in [0.3, 0.4) is 0 Å². The first-order valence-electron chi connectivity index (χ1n) is 6.33. The molecule has 0 radical (unpaired) electrons. The van der Waals surface area contributed by atoms with E-state index in [4.69, 9.17) is 5.73 Å².